The van der Waals surface area contributed by atoms with Gasteiger partial charge in [-0.3, -0.25) is 0 Å². The number of aromatic nitrogens is 2. The minimum atomic E-state index is 0.672. The summed E-state index contributed by atoms with van der Waals surface area (Å²) in [6.45, 7) is 5.79. The van der Waals surface area contributed by atoms with Gasteiger partial charge in [-0.2, -0.15) is 4.98 Å². The van der Waals surface area contributed by atoms with Crippen LogP contribution in [0.5, 0.6) is 5.88 Å². The average molecular weight is 291 g/mol. The van der Waals surface area contributed by atoms with Crippen LogP contribution in [0.2, 0.25) is 0 Å². The fourth-order valence-electron chi connectivity index (χ4n) is 2.20. The summed E-state index contributed by atoms with van der Waals surface area (Å²) in [7, 11) is 0. The molecule has 108 valence electrons. The molecule has 3 rings (SSSR count). The van der Waals surface area contributed by atoms with Crippen LogP contribution < -0.4 is 10.1 Å². The molecule has 0 saturated heterocycles. The lowest BCUT2D eigenvalue weighted by Gasteiger charge is -2.08. The maximum atomic E-state index is 5.93. The second kappa shape index (κ2) is 5.95. The molecule has 5 heteroatoms. The molecule has 1 saturated carbocycles. The largest absolute Gasteiger partial charge is 0.477 e. The van der Waals surface area contributed by atoms with Crippen molar-refractivity contribution in [1.29, 1.82) is 0 Å². The molecular weight excluding hydrogens is 270 g/mol. The van der Waals surface area contributed by atoms with Gasteiger partial charge in [0.15, 0.2) is 0 Å². The van der Waals surface area contributed by atoms with Gasteiger partial charge in [-0.25, -0.2) is 4.98 Å². The maximum Gasteiger partial charge on any atom is 0.227 e. The van der Waals surface area contributed by atoms with E-state index in [2.05, 4.69) is 28.3 Å². The van der Waals surface area contributed by atoms with E-state index in [0.29, 0.717) is 5.95 Å². The van der Waals surface area contributed by atoms with Crippen molar-refractivity contribution in [1.82, 2.24) is 9.97 Å². The van der Waals surface area contributed by atoms with Crippen molar-refractivity contribution < 1.29 is 4.74 Å². The number of fused-ring (bicyclic) bond motifs is 1. The molecule has 1 N–H and O–H groups in total. The van der Waals surface area contributed by atoms with Gasteiger partial charge in [0, 0.05) is 11.4 Å². The van der Waals surface area contributed by atoms with Crippen LogP contribution in [-0.2, 0) is 6.42 Å². The molecule has 1 aliphatic carbocycles. The normalized spacial score (nSPS) is 14.7. The SMILES string of the molecule is CCNc1nc(OCCC2CC2)c2cc(CC)sc2n1. The Morgan fingerprint density at radius 1 is 1.35 bits per heavy atom. The first-order chi connectivity index (χ1) is 9.80. The predicted molar refractivity (Wildman–Crippen MR) is 83.8 cm³/mol. The van der Waals surface area contributed by atoms with Crippen molar-refractivity contribution in [3.63, 3.8) is 0 Å². The van der Waals surface area contributed by atoms with Gasteiger partial charge in [0.25, 0.3) is 0 Å². The molecule has 2 aromatic rings. The van der Waals surface area contributed by atoms with Gasteiger partial charge >= 0.3 is 0 Å². The van der Waals surface area contributed by atoms with Crippen LogP contribution in [0.1, 0.15) is 38.0 Å². The van der Waals surface area contributed by atoms with Crippen molar-refractivity contribution in [2.45, 2.75) is 39.5 Å². The van der Waals surface area contributed by atoms with E-state index in [9.17, 15) is 0 Å². The highest BCUT2D eigenvalue weighted by Gasteiger charge is 2.21. The van der Waals surface area contributed by atoms with Crippen molar-refractivity contribution in [2.24, 2.45) is 5.92 Å². The monoisotopic (exact) mass is 291 g/mol. The molecule has 0 aromatic carbocycles. The summed E-state index contributed by atoms with van der Waals surface area (Å²) in [6, 6.07) is 2.17. The number of nitrogens with one attached hydrogen (secondary N) is 1. The first kappa shape index (κ1) is 13.6. The van der Waals surface area contributed by atoms with Gasteiger partial charge in [0.05, 0.1) is 12.0 Å². The van der Waals surface area contributed by atoms with Gasteiger partial charge < -0.3 is 10.1 Å². The topological polar surface area (TPSA) is 47.0 Å². The highest BCUT2D eigenvalue weighted by Crippen LogP contribution is 2.34. The number of ether oxygens (including phenoxy) is 1. The number of anilines is 1. The second-order valence-electron chi connectivity index (χ2n) is 5.25. The molecule has 2 heterocycles. The van der Waals surface area contributed by atoms with Crippen molar-refractivity contribution in [3.8, 4) is 5.88 Å². The molecule has 2 aromatic heterocycles. The first-order valence-corrected chi connectivity index (χ1v) is 8.29. The fourth-order valence-corrected chi connectivity index (χ4v) is 3.15. The molecule has 4 nitrogen and oxygen atoms in total. The molecule has 0 bridgehead atoms. The van der Waals surface area contributed by atoms with Crippen LogP contribution in [0.4, 0.5) is 5.95 Å². The van der Waals surface area contributed by atoms with Gasteiger partial charge in [0.2, 0.25) is 11.8 Å². The fraction of sp³-hybridized carbons (Fsp3) is 0.600. The van der Waals surface area contributed by atoms with Gasteiger partial charge in [-0.15, -0.1) is 11.3 Å². The Kier molecular flexibility index (Phi) is 4.05. The van der Waals surface area contributed by atoms with Crippen molar-refractivity contribution >= 4 is 27.5 Å². The average Bonchev–Trinajstić information content (AvgIpc) is 3.16. The van der Waals surface area contributed by atoms with E-state index >= 15 is 0 Å². The Morgan fingerprint density at radius 3 is 2.90 bits per heavy atom. The summed E-state index contributed by atoms with van der Waals surface area (Å²) in [5, 5.41) is 4.24. The molecule has 20 heavy (non-hydrogen) atoms. The minimum absolute atomic E-state index is 0.672. The Morgan fingerprint density at radius 2 is 2.20 bits per heavy atom. The van der Waals surface area contributed by atoms with Crippen LogP contribution in [0.15, 0.2) is 6.07 Å². The molecule has 1 aliphatic rings. The zero-order valence-corrected chi connectivity index (χ0v) is 12.9. The summed E-state index contributed by atoms with van der Waals surface area (Å²) in [4.78, 5) is 11.4. The Hall–Kier alpha value is -1.36. The smallest absolute Gasteiger partial charge is 0.227 e. The Balaban J connectivity index is 1.86. The lowest BCUT2D eigenvalue weighted by atomic mass is 10.3. The lowest BCUT2D eigenvalue weighted by Crippen LogP contribution is -2.05. The van der Waals surface area contributed by atoms with E-state index in [0.717, 1.165) is 48.0 Å². The molecule has 0 spiro atoms. The van der Waals surface area contributed by atoms with Crippen LogP contribution in [0.25, 0.3) is 10.2 Å². The number of rotatable bonds is 7. The summed E-state index contributed by atoms with van der Waals surface area (Å²) in [5.41, 5.74) is 0. The highest BCUT2D eigenvalue weighted by atomic mass is 32.1. The third kappa shape index (κ3) is 3.03. The number of thiophene rings is 1. The van der Waals surface area contributed by atoms with Gasteiger partial charge in [0.1, 0.15) is 4.83 Å². The van der Waals surface area contributed by atoms with Crippen molar-refractivity contribution in [3.05, 3.63) is 10.9 Å². The molecule has 0 radical (unpaired) electrons. The van der Waals surface area contributed by atoms with Crippen LogP contribution in [-0.4, -0.2) is 23.1 Å². The second-order valence-corrected chi connectivity index (χ2v) is 6.36. The number of hydrogen-bond acceptors (Lipinski definition) is 5. The van der Waals surface area contributed by atoms with E-state index in [1.54, 1.807) is 11.3 Å². The Labute approximate surface area is 123 Å². The van der Waals surface area contributed by atoms with E-state index in [4.69, 9.17) is 4.74 Å². The van der Waals surface area contributed by atoms with E-state index < -0.39 is 0 Å². The number of hydrogen-bond donors (Lipinski definition) is 1. The van der Waals surface area contributed by atoms with Gasteiger partial charge in [-0.1, -0.05) is 19.8 Å². The van der Waals surface area contributed by atoms with E-state index in [1.807, 2.05) is 6.92 Å². The first-order valence-electron chi connectivity index (χ1n) is 7.47. The molecule has 0 amide bonds. The summed E-state index contributed by atoms with van der Waals surface area (Å²) in [5.74, 6) is 2.29. The zero-order valence-electron chi connectivity index (χ0n) is 12.1. The maximum absolute atomic E-state index is 5.93. The molecule has 0 atom stereocenters. The Bertz CT molecular complexity index is 592. The van der Waals surface area contributed by atoms with Crippen LogP contribution in [0.3, 0.4) is 0 Å². The van der Waals surface area contributed by atoms with E-state index in [-0.39, 0.29) is 0 Å². The molecule has 0 unspecified atom stereocenters. The third-order valence-corrected chi connectivity index (χ3v) is 4.73. The van der Waals surface area contributed by atoms with Gasteiger partial charge in [-0.05, 0) is 31.7 Å². The van der Waals surface area contributed by atoms with Crippen LogP contribution >= 0.6 is 11.3 Å². The summed E-state index contributed by atoms with van der Waals surface area (Å²) < 4.78 is 5.93. The minimum Gasteiger partial charge on any atom is -0.477 e. The number of nitrogens with zero attached hydrogens (tertiary/aromatic N) is 2. The predicted octanol–water partition coefficient (Wildman–Crippen LogP) is 3.86. The number of aryl methyl sites for hydroxylation is 1. The quantitative estimate of drug-likeness (QED) is 0.841. The van der Waals surface area contributed by atoms with E-state index in [1.165, 1.54) is 17.7 Å². The standard InChI is InChI=1S/C15H21N3OS/c1-3-11-9-12-13(19-8-7-10-5-6-10)17-15(16-4-2)18-14(12)20-11/h9-10H,3-8H2,1-2H3,(H,16,17,18). The molecule has 1 fully saturated rings. The summed E-state index contributed by atoms with van der Waals surface area (Å²) >= 11 is 1.73. The molecular formula is C15H21N3OS. The highest BCUT2D eigenvalue weighted by molar-refractivity contribution is 7.18. The van der Waals surface area contributed by atoms with Crippen molar-refractivity contribution in [2.75, 3.05) is 18.5 Å². The zero-order chi connectivity index (χ0) is 13.9. The lowest BCUT2D eigenvalue weighted by molar-refractivity contribution is 0.295. The summed E-state index contributed by atoms with van der Waals surface area (Å²) in [6.07, 6.45) is 4.90. The molecule has 0 aliphatic heterocycles. The van der Waals surface area contributed by atoms with Crippen LogP contribution in [0, 0.1) is 5.92 Å². The third-order valence-electron chi connectivity index (χ3n) is 3.55.